The summed E-state index contributed by atoms with van der Waals surface area (Å²) in [6.45, 7) is 5.39. The molecule has 0 aliphatic carbocycles. The molecule has 0 saturated carbocycles. The van der Waals surface area contributed by atoms with Gasteiger partial charge in [0.2, 0.25) is 0 Å². The Morgan fingerprint density at radius 2 is 2.14 bits per heavy atom. The van der Waals surface area contributed by atoms with Gasteiger partial charge in [-0.05, 0) is 37.5 Å². The Balaban J connectivity index is 3.45. The summed E-state index contributed by atoms with van der Waals surface area (Å²) in [6, 6.07) is 5.85. The van der Waals surface area contributed by atoms with Crippen LogP contribution in [0.3, 0.4) is 0 Å². The zero-order chi connectivity index (χ0) is 10.7. The van der Waals surface area contributed by atoms with Crippen LogP contribution in [0.25, 0.3) is 0 Å². The van der Waals surface area contributed by atoms with Crippen molar-refractivity contribution in [1.29, 1.82) is 5.26 Å². The first-order valence-electron chi connectivity index (χ1n) is 4.64. The molecule has 0 saturated heterocycles. The lowest BCUT2D eigenvalue weighted by Gasteiger charge is -2.06. The molecule has 2 heteroatoms. The van der Waals surface area contributed by atoms with Crippen molar-refractivity contribution >= 4 is 5.78 Å². The number of ketones is 1. The van der Waals surface area contributed by atoms with Gasteiger partial charge < -0.3 is 0 Å². The fourth-order valence-corrected chi connectivity index (χ4v) is 1.49. The van der Waals surface area contributed by atoms with Crippen molar-refractivity contribution in [2.75, 3.05) is 0 Å². The van der Waals surface area contributed by atoms with Gasteiger partial charge >= 0.3 is 0 Å². The number of benzene rings is 1. The van der Waals surface area contributed by atoms with Gasteiger partial charge in [-0.3, -0.25) is 4.79 Å². The van der Waals surface area contributed by atoms with E-state index in [9.17, 15) is 4.79 Å². The molecular formula is C12H13NO. The summed E-state index contributed by atoms with van der Waals surface area (Å²) in [7, 11) is 0. The third-order valence-corrected chi connectivity index (χ3v) is 2.29. The molecule has 0 aliphatic rings. The van der Waals surface area contributed by atoms with Crippen molar-refractivity contribution in [3.8, 4) is 6.07 Å². The van der Waals surface area contributed by atoms with E-state index in [1.165, 1.54) is 6.92 Å². The maximum absolute atomic E-state index is 11.3. The van der Waals surface area contributed by atoms with Crippen LogP contribution >= 0.6 is 0 Å². The molecule has 0 aromatic heterocycles. The molecule has 1 aromatic rings. The summed E-state index contributed by atoms with van der Waals surface area (Å²) in [5, 5.41) is 8.91. The Hall–Kier alpha value is -1.62. The maximum Gasteiger partial charge on any atom is 0.161 e. The number of carbonyl (C=O) groups is 1. The number of nitriles is 1. The van der Waals surface area contributed by atoms with Crippen LogP contribution in [-0.4, -0.2) is 5.78 Å². The SMILES string of the molecule is CCc1cc(C)c(C#N)c(C(C)=O)c1. The largest absolute Gasteiger partial charge is 0.294 e. The summed E-state index contributed by atoms with van der Waals surface area (Å²) in [4.78, 5) is 11.3. The lowest BCUT2D eigenvalue weighted by Crippen LogP contribution is -2.01. The predicted molar refractivity (Wildman–Crippen MR) is 55.3 cm³/mol. The molecule has 0 radical (unpaired) electrons. The minimum absolute atomic E-state index is 0.0417. The molecule has 72 valence electrons. The highest BCUT2D eigenvalue weighted by molar-refractivity contribution is 5.97. The first kappa shape index (κ1) is 10.5. The molecule has 1 rings (SSSR count). The second-order valence-corrected chi connectivity index (χ2v) is 3.36. The van der Waals surface area contributed by atoms with Crippen LogP contribution in [0.4, 0.5) is 0 Å². The Morgan fingerprint density at radius 3 is 2.57 bits per heavy atom. The van der Waals surface area contributed by atoms with Crippen LogP contribution in [0.2, 0.25) is 0 Å². The molecule has 0 bridgehead atoms. The molecule has 0 spiro atoms. The quantitative estimate of drug-likeness (QED) is 0.668. The third kappa shape index (κ3) is 1.82. The lowest BCUT2D eigenvalue weighted by atomic mass is 9.96. The summed E-state index contributed by atoms with van der Waals surface area (Å²) in [5.41, 5.74) is 3.04. The smallest absolute Gasteiger partial charge is 0.161 e. The Morgan fingerprint density at radius 1 is 1.50 bits per heavy atom. The van der Waals surface area contributed by atoms with E-state index in [1.807, 2.05) is 26.0 Å². The van der Waals surface area contributed by atoms with Crippen molar-refractivity contribution in [3.63, 3.8) is 0 Å². The summed E-state index contributed by atoms with van der Waals surface area (Å²) >= 11 is 0. The topological polar surface area (TPSA) is 40.9 Å². The monoisotopic (exact) mass is 187 g/mol. The van der Waals surface area contributed by atoms with E-state index in [1.54, 1.807) is 0 Å². The van der Waals surface area contributed by atoms with Crippen LogP contribution in [0.15, 0.2) is 12.1 Å². The molecular weight excluding hydrogens is 174 g/mol. The molecule has 0 atom stereocenters. The molecule has 14 heavy (non-hydrogen) atoms. The summed E-state index contributed by atoms with van der Waals surface area (Å²) in [6.07, 6.45) is 0.882. The molecule has 0 fully saturated rings. The van der Waals surface area contributed by atoms with E-state index in [2.05, 4.69) is 6.07 Å². The van der Waals surface area contributed by atoms with Crippen molar-refractivity contribution < 1.29 is 4.79 Å². The average molecular weight is 187 g/mol. The highest BCUT2D eigenvalue weighted by Crippen LogP contribution is 2.17. The zero-order valence-corrected chi connectivity index (χ0v) is 8.72. The minimum atomic E-state index is -0.0417. The minimum Gasteiger partial charge on any atom is -0.294 e. The van der Waals surface area contributed by atoms with E-state index >= 15 is 0 Å². The summed E-state index contributed by atoms with van der Waals surface area (Å²) < 4.78 is 0. The van der Waals surface area contributed by atoms with Gasteiger partial charge in [0, 0.05) is 5.56 Å². The first-order valence-corrected chi connectivity index (χ1v) is 4.64. The number of aryl methyl sites for hydroxylation is 2. The number of rotatable bonds is 2. The zero-order valence-electron chi connectivity index (χ0n) is 8.72. The molecule has 0 amide bonds. The van der Waals surface area contributed by atoms with Crippen molar-refractivity contribution in [2.45, 2.75) is 27.2 Å². The van der Waals surface area contributed by atoms with E-state index in [0.717, 1.165) is 17.5 Å². The van der Waals surface area contributed by atoms with Crippen LogP contribution < -0.4 is 0 Å². The Bertz CT molecular complexity index is 413. The lowest BCUT2D eigenvalue weighted by molar-refractivity contribution is 0.101. The van der Waals surface area contributed by atoms with Crippen molar-refractivity contribution in [1.82, 2.24) is 0 Å². The van der Waals surface area contributed by atoms with Gasteiger partial charge in [0.25, 0.3) is 0 Å². The maximum atomic E-state index is 11.3. The van der Waals surface area contributed by atoms with Crippen LogP contribution in [0.1, 0.15) is 40.9 Å². The Kier molecular flexibility index (Phi) is 3.03. The van der Waals surface area contributed by atoms with Crippen LogP contribution in [0, 0.1) is 18.3 Å². The summed E-state index contributed by atoms with van der Waals surface area (Å²) in [5.74, 6) is -0.0417. The van der Waals surface area contributed by atoms with Gasteiger partial charge in [-0.1, -0.05) is 13.0 Å². The standard InChI is InChI=1S/C12H13NO/c1-4-10-5-8(2)12(7-13)11(6-10)9(3)14/h5-6H,4H2,1-3H3. The fourth-order valence-electron chi connectivity index (χ4n) is 1.49. The molecule has 0 heterocycles. The van der Waals surface area contributed by atoms with E-state index in [0.29, 0.717) is 11.1 Å². The highest BCUT2D eigenvalue weighted by Gasteiger charge is 2.10. The van der Waals surface area contributed by atoms with Crippen LogP contribution in [-0.2, 0) is 6.42 Å². The molecule has 0 unspecified atom stereocenters. The van der Waals surface area contributed by atoms with Gasteiger partial charge in [-0.2, -0.15) is 5.26 Å². The van der Waals surface area contributed by atoms with Gasteiger partial charge in [0.1, 0.15) is 6.07 Å². The van der Waals surface area contributed by atoms with Gasteiger partial charge in [0.15, 0.2) is 5.78 Å². The van der Waals surface area contributed by atoms with Gasteiger partial charge in [-0.25, -0.2) is 0 Å². The number of Topliss-reactive ketones (excluding diaryl/α,β-unsaturated/α-hetero) is 1. The first-order chi connectivity index (χ1) is 6.60. The fraction of sp³-hybridized carbons (Fsp3) is 0.333. The van der Waals surface area contributed by atoms with E-state index in [4.69, 9.17) is 5.26 Å². The number of nitrogens with zero attached hydrogens (tertiary/aromatic N) is 1. The van der Waals surface area contributed by atoms with Gasteiger partial charge in [-0.15, -0.1) is 0 Å². The predicted octanol–water partition coefficient (Wildman–Crippen LogP) is 2.63. The second kappa shape index (κ2) is 4.06. The van der Waals surface area contributed by atoms with E-state index in [-0.39, 0.29) is 5.78 Å². The third-order valence-electron chi connectivity index (χ3n) is 2.29. The Labute approximate surface area is 84.2 Å². The van der Waals surface area contributed by atoms with Gasteiger partial charge in [0.05, 0.1) is 5.56 Å². The molecule has 2 nitrogen and oxygen atoms in total. The van der Waals surface area contributed by atoms with Crippen LogP contribution in [0.5, 0.6) is 0 Å². The molecule has 1 aromatic carbocycles. The molecule has 0 N–H and O–H groups in total. The second-order valence-electron chi connectivity index (χ2n) is 3.36. The van der Waals surface area contributed by atoms with Crippen molar-refractivity contribution in [2.24, 2.45) is 0 Å². The number of carbonyl (C=O) groups excluding carboxylic acids is 1. The van der Waals surface area contributed by atoms with Crippen molar-refractivity contribution in [3.05, 3.63) is 34.4 Å². The average Bonchev–Trinajstić information content (AvgIpc) is 2.16. The highest BCUT2D eigenvalue weighted by atomic mass is 16.1. The number of hydrogen-bond acceptors (Lipinski definition) is 2. The van der Waals surface area contributed by atoms with E-state index < -0.39 is 0 Å². The number of hydrogen-bond donors (Lipinski definition) is 0. The normalized spacial score (nSPS) is 9.57. The molecule has 0 aliphatic heterocycles.